The predicted molar refractivity (Wildman–Crippen MR) is 162 cm³/mol. The Balaban J connectivity index is 1.20. The Bertz CT molecular complexity index is 1680. The molecule has 2 aromatic heterocycles. The van der Waals surface area contributed by atoms with Gasteiger partial charge < -0.3 is 24.2 Å². The van der Waals surface area contributed by atoms with Crippen LogP contribution in [0, 0.1) is 0 Å². The highest BCUT2D eigenvalue weighted by Gasteiger charge is 2.44. The SMILES string of the molecule is CCC1(CC)OB(O)c2cc(CNC(=O)c3ccc(C4=NOC(C)(c5cc(Cl)cc(Cl)c5)C4)n4cccc34)ccc21. The summed E-state index contributed by atoms with van der Waals surface area (Å²) in [5, 5.41) is 19.1. The number of benzene rings is 2. The van der Waals surface area contributed by atoms with Crippen molar-refractivity contribution in [2.75, 3.05) is 0 Å². The number of amides is 1. The van der Waals surface area contributed by atoms with Gasteiger partial charge in [0.25, 0.3) is 5.91 Å². The molecule has 0 saturated heterocycles. The summed E-state index contributed by atoms with van der Waals surface area (Å²) in [5.74, 6) is -0.197. The number of nitrogens with zero attached hydrogens (tertiary/aromatic N) is 2. The van der Waals surface area contributed by atoms with E-state index in [2.05, 4.69) is 24.3 Å². The second kappa shape index (κ2) is 10.5. The number of nitrogens with one attached hydrogen (secondary N) is 1. The first-order chi connectivity index (χ1) is 19.7. The largest absolute Gasteiger partial charge is 0.492 e. The predicted octanol–water partition coefficient (Wildman–Crippen LogP) is 5.95. The minimum atomic E-state index is -0.964. The number of halogens is 2. The molecule has 1 unspecified atom stereocenters. The van der Waals surface area contributed by atoms with E-state index in [-0.39, 0.29) is 5.91 Å². The van der Waals surface area contributed by atoms with Crippen LogP contribution in [0.5, 0.6) is 0 Å². The highest BCUT2D eigenvalue weighted by Crippen LogP contribution is 2.39. The van der Waals surface area contributed by atoms with Crippen LogP contribution in [0.3, 0.4) is 0 Å². The number of rotatable bonds is 7. The molecule has 1 amide bonds. The van der Waals surface area contributed by atoms with Gasteiger partial charge in [-0.25, -0.2) is 0 Å². The maximum Gasteiger partial charge on any atom is 0.492 e. The molecule has 0 saturated carbocycles. The van der Waals surface area contributed by atoms with Crippen LogP contribution in [-0.2, 0) is 27.2 Å². The summed E-state index contributed by atoms with van der Waals surface area (Å²) in [7, 11) is -0.964. The summed E-state index contributed by atoms with van der Waals surface area (Å²) in [4.78, 5) is 19.2. The number of carbonyl (C=O) groups excluding carboxylic acids is 1. The zero-order valence-electron chi connectivity index (χ0n) is 23.1. The fourth-order valence-corrected chi connectivity index (χ4v) is 6.54. The van der Waals surface area contributed by atoms with Gasteiger partial charge in [-0.2, -0.15) is 0 Å². The van der Waals surface area contributed by atoms with E-state index in [9.17, 15) is 9.82 Å². The lowest BCUT2D eigenvalue weighted by Crippen LogP contribution is -2.30. The lowest BCUT2D eigenvalue weighted by atomic mass is 9.76. The lowest BCUT2D eigenvalue weighted by molar-refractivity contribution is -0.00737. The average Bonchev–Trinajstić information content (AvgIpc) is 3.68. The Kier molecular flexibility index (Phi) is 7.14. The number of fused-ring (bicyclic) bond motifs is 2. The summed E-state index contributed by atoms with van der Waals surface area (Å²) in [6.45, 7) is 6.40. The van der Waals surface area contributed by atoms with E-state index in [0.717, 1.165) is 51.9 Å². The topological polar surface area (TPSA) is 84.6 Å². The van der Waals surface area contributed by atoms with Crippen LogP contribution in [-0.4, -0.2) is 28.2 Å². The van der Waals surface area contributed by atoms with E-state index < -0.39 is 18.3 Å². The van der Waals surface area contributed by atoms with E-state index >= 15 is 0 Å². The summed E-state index contributed by atoms with van der Waals surface area (Å²) >= 11 is 12.5. The van der Waals surface area contributed by atoms with Crippen molar-refractivity contribution in [2.24, 2.45) is 5.16 Å². The van der Waals surface area contributed by atoms with Gasteiger partial charge in [0.2, 0.25) is 0 Å². The molecule has 1 atom stereocenters. The highest BCUT2D eigenvalue weighted by atomic mass is 35.5. The molecule has 2 aliphatic heterocycles. The number of hydrogen-bond donors (Lipinski definition) is 2. The van der Waals surface area contributed by atoms with Crippen LogP contribution in [0.25, 0.3) is 5.52 Å². The standard InChI is InChI=1S/C31H30BCl2N3O4/c1-4-31(5-2)24-10-8-19(13-25(24)32(39)40-31)18-35-29(38)23-9-11-28(37-12-6-7-27(23)37)26-17-30(3,41-36-26)20-14-21(33)16-22(34)15-20/h6-16,39H,4-5,17-18H2,1-3H3,(H,35,38). The van der Waals surface area contributed by atoms with Crippen LogP contribution in [0.15, 0.2) is 72.0 Å². The van der Waals surface area contributed by atoms with Gasteiger partial charge in [-0.3, -0.25) is 4.79 Å². The molecule has 10 heteroatoms. The van der Waals surface area contributed by atoms with E-state index in [1.165, 1.54) is 0 Å². The number of oxime groups is 1. The highest BCUT2D eigenvalue weighted by molar-refractivity contribution is 6.62. The van der Waals surface area contributed by atoms with Crippen LogP contribution in [0.1, 0.15) is 72.8 Å². The molecule has 7 nitrogen and oxygen atoms in total. The Labute approximate surface area is 249 Å². The van der Waals surface area contributed by atoms with E-state index in [0.29, 0.717) is 28.6 Å². The molecular formula is C31H30BCl2N3O4. The molecule has 0 spiro atoms. The van der Waals surface area contributed by atoms with E-state index in [1.54, 1.807) is 6.07 Å². The summed E-state index contributed by atoms with van der Waals surface area (Å²) in [6, 6.07) is 18.8. The molecule has 2 N–H and O–H groups in total. The first-order valence-electron chi connectivity index (χ1n) is 13.8. The molecule has 4 heterocycles. The monoisotopic (exact) mass is 589 g/mol. The first-order valence-corrected chi connectivity index (χ1v) is 14.5. The Morgan fingerprint density at radius 3 is 2.59 bits per heavy atom. The third-order valence-corrected chi connectivity index (χ3v) is 8.81. The average molecular weight is 590 g/mol. The van der Waals surface area contributed by atoms with Crippen LogP contribution in [0.4, 0.5) is 0 Å². The Morgan fingerprint density at radius 2 is 1.85 bits per heavy atom. The van der Waals surface area contributed by atoms with Gasteiger partial charge in [-0.05, 0) is 78.8 Å². The quantitative estimate of drug-likeness (QED) is 0.261. The normalized spacial score (nSPS) is 19.3. The molecule has 4 aromatic rings. The van der Waals surface area contributed by atoms with Crippen molar-refractivity contribution >= 4 is 52.9 Å². The molecule has 210 valence electrons. The minimum Gasteiger partial charge on any atom is -0.423 e. The van der Waals surface area contributed by atoms with Gasteiger partial charge in [-0.1, -0.05) is 60.4 Å². The van der Waals surface area contributed by atoms with Crippen molar-refractivity contribution in [3.63, 3.8) is 0 Å². The zero-order valence-corrected chi connectivity index (χ0v) is 24.6. The first kappa shape index (κ1) is 27.9. The minimum absolute atomic E-state index is 0.197. The second-order valence-corrected chi connectivity index (χ2v) is 11.7. The summed E-state index contributed by atoms with van der Waals surface area (Å²) in [5.41, 5.74) is 5.23. The third kappa shape index (κ3) is 4.83. The summed E-state index contributed by atoms with van der Waals surface area (Å²) < 4.78 is 7.89. The van der Waals surface area contributed by atoms with Gasteiger partial charge >= 0.3 is 7.12 Å². The fourth-order valence-electron chi connectivity index (χ4n) is 6.01. The fraction of sp³-hybridized carbons (Fsp3) is 0.290. The molecule has 41 heavy (non-hydrogen) atoms. The third-order valence-electron chi connectivity index (χ3n) is 8.37. The molecule has 2 aromatic carbocycles. The molecular weight excluding hydrogens is 560 g/mol. The number of aromatic nitrogens is 1. The molecule has 0 aliphatic carbocycles. The maximum atomic E-state index is 13.3. The molecule has 0 fully saturated rings. The zero-order chi connectivity index (χ0) is 28.9. The maximum absolute atomic E-state index is 13.3. The summed E-state index contributed by atoms with van der Waals surface area (Å²) in [6.07, 6.45) is 3.97. The van der Waals surface area contributed by atoms with Crippen molar-refractivity contribution in [3.05, 3.63) is 105 Å². The van der Waals surface area contributed by atoms with E-state index in [1.807, 2.05) is 72.1 Å². The number of hydrogen-bond acceptors (Lipinski definition) is 5. The van der Waals surface area contributed by atoms with Crippen molar-refractivity contribution < 1.29 is 19.3 Å². The van der Waals surface area contributed by atoms with Gasteiger partial charge in [0, 0.05) is 34.8 Å². The molecule has 0 bridgehead atoms. The Morgan fingerprint density at radius 1 is 1.10 bits per heavy atom. The van der Waals surface area contributed by atoms with Gasteiger partial charge in [0.1, 0.15) is 5.71 Å². The van der Waals surface area contributed by atoms with Crippen molar-refractivity contribution in [1.29, 1.82) is 0 Å². The molecule has 2 aliphatic rings. The smallest absolute Gasteiger partial charge is 0.423 e. The lowest BCUT2D eigenvalue weighted by Gasteiger charge is -2.28. The van der Waals surface area contributed by atoms with Crippen molar-refractivity contribution in [3.8, 4) is 0 Å². The van der Waals surface area contributed by atoms with Gasteiger partial charge in [0.15, 0.2) is 5.60 Å². The number of carbonyl (C=O) groups is 1. The van der Waals surface area contributed by atoms with Crippen molar-refractivity contribution in [1.82, 2.24) is 9.72 Å². The van der Waals surface area contributed by atoms with Gasteiger partial charge in [0.05, 0.1) is 22.4 Å². The van der Waals surface area contributed by atoms with Gasteiger partial charge in [-0.15, -0.1) is 0 Å². The van der Waals surface area contributed by atoms with Crippen molar-refractivity contribution in [2.45, 2.75) is 57.8 Å². The van der Waals surface area contributed by atoms with Crippen LogP contribution >= 0.6 is 23.2 Å². The number of pyridine rings is 1. The second-order valence-electron chi connectivity index (χ2n) is 10.9. The van der Waals surface area contributed by atoms with E-state index in [4.69, 9.17) is 32.7 Å². The molecule has 0 radical (unpaired) electrons. The Hall–Kier alpha value is -3.30. The van der Waals surface area contributed by atoms with Crippen LogP contribution in [0.2, 0.25) is 10.0 Å². The van der Waals surface area contributed by atoms with Crippen LogP contribution < -0.4 is 10.8 Å². The molecule has 6 rings (SSSR count).